The molecule has 0 spiro atoms. The third kappa shape index (κ3) is 3.45. The maximum atomic E-state index is 5.75. The quantitative estimate of drug-likeness (QED) is 0.855. The van der Waals surface area contributed by atoms with Crippen LogP contribution in [0.5, 0.6) is 0 Å². The van der Waals surface area contributed by atoms with Crippen LogP contribution in [0.4, 0.5) is 5.82 Å². The van der Waals surface area contributed by atoms with Gasteiger partial charge in [0.2, 0.25) is 0 Å². The van der Waals surface area contributed by atoms with Gasteiger partial charge in [-0.3, -0.25) is 0 Å². The van der Waals surface area contributed by atoms with Gasteiger partial charge in [-0.2, -0.15) is 0 Å². The fraction of sp³-hybridized carbons (Fsp3) is 0.667. The van der Waals surface area contributed by atoms with E-state index in [0.29, 0.717) is 12.1 Å². The predicted octanol–water partition coefficient (Wildman–Crippen LogP) is 2.37. The van der Waals surface area contributed by atoms with E-state index in [4.69, 9.17) is 4.74 Å². The summed E-state index contributed by atoms with van der Waals surface area (Å²) in [7, 11) is 1.98. The first-order chi connectivity index (χ1) is 9.26. The molecule has 2 atom stereocenters. The molecule has 4 nitrogen and oxygen atoms in total. The normalized spacial score (nSPS) is 20.5. The average Bonchev–Trinajstić information content (AvgIpc) is 2.97. The monoisotopic (exact) mass is 263 g/mol. The van der Waals surface area contributed by atoms with E-state index in [2.05, 4.69) is 35.1 Å². The first-order valence-corrected chi connectivity index (χ1v) is 7.25. The second-order valence-corrected chi connectivity index (χ2v) is 5.10. The molecule has 1 aromatic heterocycles. The lowest BCUT2D eigenvalue weighted by atomic mass is 10.1. The first kappa shape index (κ1) is 14.3. The summed E-state index contributed by atoms with van der Waals surface area (Å²) < 4.78 is 5.75. The van der Waals surface area contributed by atoms with Crippen molar-refractivity contribution < 1.29 is 4.74 Å². The van der Waals surface area contributed by atoms with Crippen LogP contribution in [0.15, 0.2) is 18.3 Å². The lowest BCUT2D eigenvalue weighted by molar-refractivity contribution is 0.115. The highest BCUT2D eigenvalue weighted by molar-refractivity contribution is 5.48. The highest BCUT2D eigenvalue weighted by atomic mass is 16.5. The lowest BCUT2D eigenvalue weighted by Crippen LogP contribution is -2.34. The standard InChI is InChI=1S/C15H25N3O/c1-4-18(11-13-7-6-10-19-13)15-14(12(2)16-3)8-5-9-17-15/h5,8-9,12-13,16H,4,6-7,10-11H2,1-3H3. The van der Waals surface area contributed by atoms with E-state index in [-0.39, 0.29) is 0 Å². The van der Waals surface area contributed by atoms with E-state index >= 15 is 0 Å². The summed E-state index contributed by atoms with van der Waals surface area (Å²) in [6, 6.07) is 4.47. The molecule has 106 valence electrons. The zero-order valence-corrected chi connectivity index (χ0v) is 12.2. The Labute approximate surface area is 116 Å². The molecule has 0 aliphatic carbocycles. The van der Waals surface area contributed by atoms with Crippen molar-refractivity contribution >= 4 is 5.82 Å². The number of nitrogens with zero attached hydrogens (tertiary/aromatic N) is 2. The highest BCUT2D eigenvalue weighted by Crippen LogP contribution is 2.25. The van der Waals surface area contributed by atoms with Gasteiger partial charge in [0.1, 0.15) is 5.82 Å². The Bertz CT molecular complexity index is 391. The van der Waals surface area contributed by atoms with Gasteiger partial charge in [0.05, 0.1) is 6.10 Å². The second kappa shape index (κ2) is 6.87. The fourth-order valence-electron chi connectivity index (χ4n) is 2.57. The number of hydrogen-bond donors (Lipinski definition) is 1. The molecule has 0 radical (unpaired) electrons. The SMILES string of the molecule is CCN(CC1CCCO1)c1ncccc1C(C)NC. The van der Waals surface area contributed by atoms with Gasteiger partial charge in [-0.1, -0.05) is 6.07 Å². The van der Waals surface area contributed by atoms with Crippen molar-refractivity contribution in [3.8, 4) is 0 Å². The van der Waals surface area contributed by atoms with Crippen LogP contribution < -0.4 is 10.2 Å². The summed E-state index contributed by atoms with van der Waals surface area (Å²) in [5.74, 6) is 1.09. The van der Waals surface area contributed by atoms with Crippen molar-refractivity contribution in [3.05, 3.63) is 23.9 Å². The number of likely N-dealkylation sites (N-methyl/N-ethyl adjacent to an activating group) is 1. The minimum atomic E-state index is 0.308. The summed E-state index contributed by atoms with van der Waals surface area (Å²) in [6.45, 7) is 7.15. The molecular weight excluding hydrogens is 238 g/mol. The van der Waals surface area contributed by atoms with Gasteiger partial charge in [-0.25, -0.2) is 4.98 Å². The van der Waals surface area contributed by atoms with Crippen molar-refractivity contribution in [3.63, 3.8) is 0 Å². The van der Waals surface area contributed by atoms with E-state index in [1.54, 1.807) is 0 Å². The Morgan fingerprint density at radius 1 is 1.58 bits per heavy atom. The Hall–Kier alpha value is -1.13. The molecular formula is C15H25N3O. The summed E-state index contributed by atoms with van der Waals surface area (Å²) in [5.41, 5.74) is 1.25. The number of aromatic nitrogens is 1. The Morgan fingerprint density at radius 3 is 3.05 bits per heavy atom. The van der Waals surface area contributed by atoms with Crippen LogP contribution in [0.2, 0.25) is 0 Å². The molecule has 1 aliphatic rings. The molecule has 0 bridgehead atoms. The van der Waals surface area contributed by atoms with E-state index in [1.807, 2.05) is 19.3 Å². The molecule has 2 rings (SSSR count). The third-order valence-electron chi connectivity index (χ3n) is 3.85. The maximum Gasteiger partial charge on any atom is 0.133 e. The zero-order valence-electron chi connectivity index (χ0n) is 12.2. The van der Waals surface area contributed by atoms with Gasteiger partial charge < -0.3 is 15.0 Å². The maximum absolute atomic E-state index is 5.75. The molecule has 1 aliphatic heterocycles. The van der Waals surface area contributed by atoms with Crippen LogP contribution in [0.25, 0.3) is 0 Å². The topological polar surface area (TPSA) is 37.4 Å². The summed E-state index contributed by atoms with van der Waals surface area (Å²) in [5, 5.41) is 3.30. The molecule has 1 N–H and O–H groups in total. The number of rotatable bonds is 6. The van der Waals surface area contributed by atoms with Gasteiger partial charge >= 0.3 is 0 Å². The van der Waals surface area contributed by atoms with Gasteiger partial charge in [-0.15, -0.1) is 0 Å². The third-order valence-corrected chi connectivity index (χ3v) is 3.85. The highest BCUT2D eigenvalue weighted by Gasteiger charge is 2.21. The number of anilines is 1. The van der Waals surface area contributed by atoms with Gasteiger partial charge in [-0.05, 0) is 39.8 Å². The Balaban J connectivity index is 2.16. The molecule has 1 aromatic rings. The molecule has 0 aromatic carbocycles. The van der Waals surface area contributed by atoms with Crippen molar-refractivity contribution in [1.82, 2.24) is 10.3 Å². The van der Waals surface area contributed by atoms with Crippen LogP contribution in [-0.4, -0.2) is 37.8 Å². The van der Waals surface area contributed by atoms with E-state index in [9.17, 15) is 0 Å². The molecule has 1 fully saturated rings. The zero-order chi connectivity index (χ0) is 13.7. The second-order valence-electron chi connectivity index (χ2n) is 5.10. The van der Waals surface area contributed by atoms with E-state index in [0.717, 1.165) is 25.5 Å². The minimum absolute atomic E-state index is 0.308. The fourth-order valence-corrected chi connectivity index (χ4v) is 2.57. The minimum Gasteiger partial charge on any atom is -0.376 e. The molecule has 19 heavy (non-hydrogen) atoms. The van der Waals surface area contributed by atoms with Crippen molar-refractivity contribution in [2.75, 3.05) is 31.6 Å². The summed E-state index contributed by atoms with van der Waals surface area (Å²) in [4.78, 5) is 6.92. The largest absolute Gasteiger partial charge is 0.376 e. The van der Waals surface area contributed by atoms with Gasteiger partial charge in [0.15, 0.2) is 0 Å². The average molecular weight is 263 g/mol. The van der Waals surface area contributed by atoms with Gasteiger partial charge in [0.25, 0.3) is 0 Å². The van der Waals surface area contributed by atoms with Gasteiger partial charge in [0, 0.05) is 37.5 Å². The smallest absolute Gasteiger partial charge is 0.133 e. The first-order valence-electron chi connectivity index (χ1n) is 7.25. The molecule has 2 unspecified atom stereocenters. The van der Waals surface area contributed by atoms with Crippen molar-refractivity contribution in [2.45, 2.75) is 38.8 Å². The van der Waals surface area contributed by atoms with Crippen LogP contribution >= 0.6 is 0 Å². The lowest BCUT2D eigenvalue weighted by Gasteiger charge is -2.28. The Kier molecular flexibility index (Phi) is 5.16. The molecule has 0 amide bonds. The van der Waals surface area contributed by atoms with Crippen LogP contribution in [0, 0.1) is 0 Å². The number of nitrogens with one attached hydrogen (secondary N) is 1. The van der Waals surface area contributed by atoms with Crippen LogP contribution in [0.3, 0.4) is 0 Å². The molecule has 2 heterocycles. The van der Waals surface area contributed by atoms with Crippen LogP contribution in [0.1, 0.15) is 38.3 Å². The molecule has 0 saturated carbocycles. The van der Waals surface area contributed by atoms with E-state index in [1.165, 1.54) is 18.4 Å². The van der Waals surface area contributed by atoms with Crippen LogP contribution in [-0.2, 0) is 4.74 Å². The Morgan fingerprint density at radius 2 is 2.42 bits per heavy atom. The summed E-state index contributed by atoms with van der Waals surface area (Å²) in [6.07, 6.45) is 4.59. The number of ether oxygens (including phenoxy) is 1. The van der Waals surface area contributed by atoms with Crippen molar-refractivity contribution in [1.29, 1.82) is 0 Å². The van der Waals surface area contributed by atoms with E-state index < -0.39 is 0 Å². The van der Waals surface area contributed by atoms with Crippen molar-refractivity contribution in [2.24, 2.45) is 0 Å². The number of hydrogen-bond acceptors (Lipinski definition) is 4. The molecule has 4 heteroatoms. The summed E-state index contributed by atoms with van der Waals surface area (Å²) >= 11 is 0. The predicted molar refractivity (Wildman–Crippen MR) is 78.6 cm³/mol. The molecule has 1 saturated heterocycles. The number of pyridine rings is 1.